The Balaban J connectivity index is 2.28. The molecule has 0 saturated heterocycles. The van der Waals surface area contributed by atoms with Crippen LogP contribution in [-0.4, -0.2) is 18.1 Å². The number of nitrogens with zero attached hydrogens (tertiary/aromatic N) is 1. The number of carbonyl (C=O) groups excluding carboxylic acids is 1. The number of rotatable bonds is 3. The van der Waals surface area contributed by atoms with Gasteiger partial charge in [-0.25, -0.2) is 4.98 Å². The fraction of sp³-hybridized carbons (Fsp3) is 0.231. The van der Waals surface area contributed by atoms with Crippen LogP contribution in [0.5, 0.6) is 0 Å². The Morgan fingerprint density at radius 3 is 2.94 bits per heavy atom. The molecule has 1 aromatic heterocycles. The summed E-state index contributed by atoms with van der Waals surface area (Å²) in [5.74, 6) is -0.204. The lowest BCUT2D eigenvalue weighted by atomic mass is 10.1. The Labute approximate surface area is 108 Å². The highest BCUT2D eigenvalue weighted by Crippen LogP contribution is 2.22. The third kappa shape index (κ3) is 2.82. The van der Waals surface area contributed by atoms with Crippen molar-refractivity contribution in [1.29, 1.82) is 0 Å². The number of aromatic nitrogens is 1. The van der Waals surface area contributed by atoms with Crippen molar-refractivity contribution in [3.05, 3.63) is 40.5 Å². The van der Waals surface area contributed by atoms with Gasteiger partial charge in [0.15, 0.2) is 0 Å². The highest BCUT2D eigenvalue weighted by Gasteiger charge is 2.07. The molecule has 0 amide bonds. The van der Waals surface area contributed by atoms with Crippen molar-refractivity contribution in [3.8, 4) is 0 Å². The van der Waals surface area contributed by atoms with E-state index in [2.05, 4.69) is 31.7 Å². The Hall–Kier alpha value is -1.42. The number of carbonyl (C=O) groups is 1. The van der Waals surface area contributed by atoms with Crippen LogP contribution in [-0.2, 0) is 16.0 Å². The second kappa shape index (κ2) is 5.27. The van der Waals surface area contributed by atoms with Crippen LogP contribution < -0.4 is 0 Å². The van der Waals surface area contributed by atoms with E-state index in [4.69, 9.17) is 0 Å². The lowest BCUT2D eigenvalue weighted by molar-refractivity contribution is -0.140. The average Bonchev–Trinajstić information content (AvgIpc) is 2.35. The maximum Gasteiger partial charge on any atom is 0.305 e. The molecule has 0 aliphatic carbocycles. The molecule has 0 fully saturated rings. The van der Waals surface area contributed by atoms with Gasteiger partial charge >= 0.3 is 5.97 Å². The van der Waals surface area contributed by atoms with E-state index in [1.54, 1.807) is 0 Å². The predicted octanol–water partition coefficient (Wildman–Crippen LogP) is 3.10. The molecule has 0 N–H and O–H groups in total. The number of aryl methyl sites for hydroxylation is 1. The van der Waals surface area contributed by atoms with E-state index in [0.29, 0.717) is 12.8 Å². The van der Waals surface area contributed by atoms with Gasteiger partial charge in [0.2, 0.25) is 0 Å². The van der Waals surface area contributed by atoms with Crippen LogP contribution in [0.1, 0.15) is 12.0 Å². The molecule has 0 atom stereocenters. The molecular formula is C13H12BrNO2. The Kier molecular flexibility index (Phi) is 3.74. The molecule has 4 heteroatoms. The van der Waals surface area contributed by atoms with Gasteiger partial charge in [-0.2, -0.15) is 0 Å². The van der Waals surface area contributed by atoms with Gasteiger partial charge in [0.05, 0.1) is 12.6 Å². The third-order valence-electron chi connectivity index (χ3n) is 2.58. The van der Waals surface area contributed by atoms with E-state index < -0.39 is 0 Å². The van der Waals surface area contributed by atoms with Crippen LogP contribution in [0.3, 0.4) is 0 Å². The maximum atomic E-state index is 11.1. The van der Waals surface area contributed by atoms with Crippen molar-refractivity contribution >= 4 is 32.8 Å². The molecule has 1 aromatic carbocycles. The zero-order valence-electron chi connectivity index (χ0n) is 9.44. The molecule has 88 valence electrons. The van der Waals surface area contributed by atoms with Crippen molar-refractivity contribution in [1.82, 2.24) is 4.98 Å². The van der Waals surface area contributed by atoms with Gasteiger partial charge < -0.3 is 4.74 Å². The normalized spacial score (nSPS) is 10.5. The topological polar surface area (TPSA) is 39.2 Å². The Bertz CT molecular complexity index is 554. The van der Waals surface area contributed by atoms with Crippen LogP contribution in [0.15, 0.2) is 34.9 Å². The standard InChI is InChI=1S/C13H12BrNO2/c1-17-12(16)7-6-10-8-9-4-2-3-5-11(9)15-13(10)14/h2-5,8H,6-7H2,1H3. The van der Waals surface area contributed by atoms with Crippen LogP contribution in [0.4, 0.5) is 0 Å². The summed E-state index contributed by atoms with van der Waals surface area (Å²) in [6.45, 7) is 0. The first-order chi connectivity index (χ1) is 8.20. The number of halogens is 1. The zero-order chi connectivity index (χ0) is 12.3. The lowest BCUT2D eigenvalue weighted by Crippen LogP contribution is -2.02. The van der Waals surface area contributed by atoms with E-state index >= 15 is 0 Å². The molecule has 0 bridgehead atoms. The van der Waals surface area contributed by atoms with Gasteiger partial charge in [0.1, 0.15) is 4.60 Å². The fourth-order valence-electron chi connectivity index (χ4n) is 1.65. The number of ether oxygens (including phenoxy) is 1. The third-order valence-corrected chi connectivity index (χ3v) is 3.26. The quantitative estimate of drug-likeness (QED) is 0.645. The van der Waals surface area contributed by atoms with Gasteiger partial charge in [-0.15, -0.1) is 0 Å². The number of benzene rings is 1. The second-order valence-corrected chi connectivity index (χ2v) is 4.46. The van der Waals surface area contributed by atoms with Crippen molar-refractivity contribution in [3.63, 3.8) is 0 Å². The molecule has 3 nitrogen and oxygen atoms in total. The van der Waals surface area contributed by atoms with Crippen LogP contribution in [0.25, 0.3) is 10.9 Å². The molecule has 2 aromatic rings. The molecule has 0 aliphatic rings. The number of fused-ring (bicyclic) bond motifs is 1. The molecule has 2 rings (SSSR count). The van der Waals surface area contributed by atoms with E-state index in [0.717, 1.165) is 21.1 Å². The van der Waals surface area contributed by atoms with Gasteiger partial charge in [-0.1, -0.05) is 18.2 Å². The van der Waals surface area contributed by atoms with Gasteiger partial charge in [-0.3, -0.25) is 4.79 Å². The monoisotopic (exact) mass is 293 g/mol. The SMILES string of the molecule is COC(=O)CCc1cc2ccccc2nc1Br. The lowest BCUT2D eigenvalue weighted by Gasteiger charge is -2.05. The molecule has 1 heterocycles. The van der Waals surface area contributed by atoms with Crippen molar-refractivity contribution in [2.75, 3.05) is 7.11 Å². The van der Waals surface area contributed by atoms with E-state index in [-0.39, 0.29) is 5.97 Å². The Morgan fingerprint density at radius 1 is 1.41 bits per heavy atom. The highest BCUT2D eigenvalue weighted by atomic mass is 79.9. The predicted molar refractivity (Wildman–Crippen MR) is 69.8 cm³/mol. The molecule has 0 spiro atoms. The van der Waals surface area contributed by atoms with Gasteiger partial charge in [-0.05, 0) is 40.0 Å². The summed E-state index contributed by atoms with van der Waals surface area (Å²) < 4.78 is 5.42. The molecular weight excluding hydrogens is 282 g/mol. The van der Waals surface area contributed by atoms with E-state index in [1.165, 1.54) is 7.11 Å². The summed E-state index contributed by atoms with van der Waals surface area (Å²) in [7, 11) is 1.40. The molecule has 17 heavy (non-hydrogen) atoms. The number of methoxy groups -OCH3 is 1. The number of esters is 1. The minimum Gasteiger partial charge on any atom is -0.469 e. The van der Waals surface area contributed by atoms with E-state index in [1.807, 2.05) is 24.3 Å². The number of hydrogen-bond acceptors (Lipinski definition) is 3. The molecule has 0 radical (unpaired) electrons. The number of para-hydroxylation sites is 1. The number of pyridine rings is 1. The second-order valence-electron chi connectivity index (χ2n) is 3.71. The van der Waals surface area contributed by atoms with Crippen molar-refractivity contribution in [2.24, 2.45) is 0 Å². The summed E-state index contributed by atoms with van der Waals surface area (Å²) in [5, 5.41) is 1.08. The van der Waals surface area contributed by atoms with Crippen molar-refractivity contribution < 1.29 is 9.53 Å². The van der Waals surface area contributed by atoms with Gasteiger partial charge in [0.25, 0.3) is 0 Å². The first kappa shape index (κ1) is 12.0. The van der Waals surface area contributed by atoms with Gasteiger partial charge in [0, 0.05) is 11.8 Å². The van der Waals surface area contributed by atoms with Crippen LogP contribution in [0.2, 0.25) is 0 Å². The summed E-state index contributed by atoms with van der Waals surface area (Å²) in [5.41, 5.74) is 1.97. The summed E-state index contributed by atoms with van der Waals surface area (Å²) in [6.07, 6.45) is 1.00. The van der Waals surface area contributed by atoms with Crippen LogP contribution >= 0.6 is 15.9 Å². The summed E-state index contributed by atoms with van der Waals surface area (Å²) in [6, 6.07) is 9.95. The minimum absolute atomic E-state index is 0.204. The van der Waals surface area contributed by atoms with Crippen LogP contribution in [0, 0.1) is 0 Å². The van der Waals surface area contributed by atoms with E-state index in [9.17, 15) is 4.79 Å². The largest absolute Gasteiger partial charge is 0.469 e. The Morgan fingerprint density at radius 2 is 2.18 bits per heavy atom. The summed E-state index contributed by atoms with van der Waals surface area (Å²) in [4.78, 5) is 15.5. The molecule has 0 aliphatic heterocycles. The average molecular weight is 294 g/mol. The first-order valence-electron chi connectivity index (χ1n) is 5.31. The highest BCUT2D eigenvalue weighted by molar-refractivity contribution is 9.10. The summed E-state index contributed by atoms with van der Waals surface area (Å²) >= 11 is 3.43. The zero-order valence-corrected chi connectivity index (χ0v) is 11.0. The van der Waals surface area contributed by atoms with Crippen molar-refractivity contribution in [2.45, 2.75) is 12.8 Å². The minimum atomic E-state index is -0.204. The fourth-order valence-corrected chi connectivity index (χ4v) is 2.15. The number of hydrogen-bond donors (Lipinski definition) is 0. The first-order valence-corrected chi connectivity index (χ1v) is 6.11. The molecule has 0 saturated carbocycles. The smallest absolute Gasteiger partial charge is 0.305 e. The molecule has 0 unspecified atom stereocenters. The maximum absolute atomic E-state index is 11.1.